The molecule has 2 aliphatic rings. The molecule has 0 amide bonds. The molecule has 3 nitrogen and oxygen atoms in total. The summed E-state index contributed by atoms with van der Waals surface area (Å²) in [6.07, 6.45) is 3.98. The Morgan fingerprint density at radius 2 is 2.04 bits per heavy atom. The zero-order valence-electron chi connectivity index (χ0n) is 14.4. The van der Waals surface area contributed by atoms with E-state index in [1.54, 1.807) is 23.7 Å². The number of aromatic nitrogens is 1. The van der Waals surface area contributed by atoms with Gasteiger partial charge in [-0.1, -0.05) is 0 Å². The average molecular weight is 363 g/mol. The van der Waals surface area contributed by atoms with E-state index in [2.05, 4.69) is 33.8 Å². The Hall–Kier alpha value is -1.53. The summed E-state index contributed by atoms with van der Waals surface area (Å²) >= 11 is 1.76. The van der Waals surface area contributed by atoms with Crippen molar-refractivity contribution in [2.45, 2.75) is 32.2 Å². The molecule has 2 saturated heterocycles. The van der Waals surface area contributed by atoms with Gasteiger partial charge in [-0.15, -0.1) is 11.3 Å². The van der Waals surface area contributed by atoms with Gasteiger partial charge in [0.2, 0.25) is 0 Å². The molecule has 0 unspecified atom stereocenters. The lowest BCUT2D eigenvalue weighted by Gasteiger charge is -2.46. The predicted octanol–water partition coefficient (Wildman–Crippen LogP) is 4.19. The number of alkyl halides is 2. The van der Waals surface area contributed by atoms with Crippen LogP contribution in [0.15, 0.2) is 36.7 Å². The van der Waals surface area contributed by atoms with Crippen LogP contribution in [0.5, 0.6) is 0 Å². The maximum atomic E-state index is 14.9. The lowest BCUT2D eigenvalue weighted by molar-refractivity contribution is -0.158. The molecule has 0 saturated carbocycles. The molecule has 2 aliphatic heterocycles. The Bertz CT molecular complexity index is 733. The molecule has 1 atom stereocenters. The normalized spacial score (nSPS) is 26.4. The summed E-state index contributed by atoms with van der Waals surface area (Å²) in [5.74, 6) is -2.61. The first-order valence-corrected chi connectivity index (χ1v) is 9.60. The number of thiophene rings is 1. The summed E-state index contributed by atoms with van der Waals surface area (Å²) in [7, 11) is 0. The van der Waals surface area contributed by atoms with Gasteiger partial charge in [-0.05, 0) is 37.6 Å². The topological polar surface area (TPSA) is 19.4 Å². The number of anilines is 1. The molecule has 0 radical (unpaired) electrons. The van der Waals surface area contributed by atoms with Crippen molar-refractivity contribution < 1.29 is 8.78 Å². The van der Waals surface area contributed by atoms with Crippen LogP contribution in [0.4, 0.5) is 14.5 Å². The van der Waals surface area contributed by atoms with Crippen LogP contribution in [0.2, 0.25) is 0 Å². The predicted molar refractivity (Wildman–Crippen MR) is 97.4 cm³/mol. The SMILES string of the molecule is Cc1ccc(CN2CCC(F)(F)[C@]3(CCN(c4cccnc4)C3)C2)s1. The second-order valence-electron chi connectivity index (χ2n) is 7.34. The molecule has 1 spiro atoms. The van der Waals surface area contributed by atoms with Crippen LogP contribution in [0.3, 0.4) is 0 Å². The Balaban J connectivity index is 1.52. The molecular formula is C19H23F2N3S. The van der Waals surface area contributed by atoms with Crippen LogP contribution in [0, 0.1) is 12.3 Å². The van der Waals surface area contributed by atoms with E-state index in [1.165, 1.54) is 9.75 Å². The number of pyridine rings is 1. The van der Waals surface area contributed by atoms with Crippen molar-refractivity contribution in [1.29, 1.82) is 0 Å². The van der Waals surface area contributed by atoms with Gasteiger partial charge >= 0.3 is 0 Å². The first kappa shape index (κ1) is 16.9. The monoisotopic (exact) mass is 363 g/mol. The summed E-state index contributed by atoms with van der Waals surface area (Å²) in [5, 5.41) is 0. The van der Waals surface area contributed by atoms with Crippen LogP contribution in [-0.4, -0.2) is 42.0 Å². The molecule has 0 aliphatic carbocycles. The molecule has 2 aromatic rings. The Kier molecular flexibility index (Phi) is 4.28. The maximum Gasteiger partial charge on any atom is 0.257 e. The van der Waals surface area contributed by atoms with Crippen LogP contribution < -0.4 is 4.90 Å². The number of hydrogen-bond donors (Lipinski definition) is 0. The van der Waals surface area contributed by atoms with Crippen molar-refractivity contribution in [1.82, 2.24) is 9.88 Å². The highest BCUT2D eigenvalue weighted by atomic mass is 32.1. The smallest absolute Gasteiger partial charge is 0.257 e. The minimum atomic E-state index is -2.61. The van der Waals surface area contributed by atoms with Gasteiger partial charge in [0, 0.05) is 55.1 Å². The van der Waals surface area contributed by atoms with E-state index < -0.39 is 11.3 Å². The number of nitrogens with zero attached hydrogens (tertiary/aromatic N) is 3. The first-order chi connectivity index (χ1) is 12.0. The largest absolute Gasteiger partial charge is 0.369 e. The van der Waals surface area contributed by atoms with Crippen molar-refractivity contribution >= 4 is 17.0 Å². The van der Waals surface area contributed by atoms with E-state index in [4.69, 9.17) is 0 Å². The van der Waals surface area contributed by atoms with Crippen molar-refractivity contribution in [2.24, 2.45) is 5.41 Å². The number of aryl methyl sites for hydroxylation is 1. The number of rotatable bonds is 3. The summed E-state index contributed by atoms with van der Waals surface area (Å²) in [6.45, 7) is 4.89. The highest BCUT2D eigenvalue weighted by Gasteiger charge is 2.59. The van der Waals surface area contributed by atoms with Crippen molar-refractivity contribution in [3.63, 3.8) is 0 Å². The number of piperidine rings is 1. The molecule has 134 valence electrons. The standard InChI is InChI=1S/C19H23F2N3S/c1-15-4-5-17(25-15)12-23-9-7-19(20,21)18(13-23)6-10-24(14-18)16-3-2-8-22-11-16/h2-5,8,11H,6-7,9-10,12-14H2,1H3/t18-/m1/s1. The Morgan fingerprint density at radius 1 is 1.16 bits per heavy atom. The van der Waals surface area contributed by atoms with Crippen LogP contribution >= 0.6 is 11.3 Å². The summed E-state index contributed by atoms with van der Waals surface area (Å²) in [5.41, 5.74) is -0.00546. The van der Waals surface area contributed by atoms with Gasteiger partial charge in [-0.3, -0.25) is 9.88 Å². The third kappa shape index (κ3) is 3.17. The lowest BCUT2D eigenvalue weighted by Crippen LogP contribution is -2.56. The number of hydrogen-bond acceptors (Lipinski definition) is 4. The first-order valence-electron chi connectivity index (χ1n) is 8.78. The van der Waals surface area contributed by atoms with E-state index in [1.807, 2.05) is 12.1 Å². The lowest BCUT2D eigenvalue weighted by atomic mass is 9.75. The van der Waals surface area contributed by atoms with E-state index in [0.717, 1.165) is 12.2 Å². The molecule has 0 aromatic carbocycles. The molecule has 4 rings (SSSR count). The summed E-state index contributed by atoms with van der Waals surface area (Å²) < 4.78 is 29.8. The van der Waals surface area contributed by atoms with Gasteiger partial charge in [-0.2, -0.15) is 0 Å². The Morgan fingerprint density at radius 3 is 2.76 bits per heavy atom. The molecule has 2 aromatic heterocycles. The molecule has 0 N–H and O–H groups in total. The quantitative estimate of drug-likeness (QED) is 0.815. The fraction of sp³-hybridized carbons (Fsp3) is 0.526. The minimum absolute atomic E-state index is 0.0434. The van der Waals surface area contributed by atoms with Crippen LogP contribution in [0.1, 0.15) is 22.6 Å². The third-order valence-electron chi connectivity index (χ3n) is 5.58. The minimum Gasteiger partial charge on any atom is -0.369 e. The van der Waals surface area contributed by atoms with Crippen LogP contribution in [-0.2, 0) is 6.54 Å². The highest BCUT2D eigenvalue weighted by molar-refractivity contribution is 7.11. The van der Waals surface area contributed by atoms with Gasteiger partial charge in [0.1, 0.15) is 0 Å². The fourth-order valence-electron chi connectivity index (χ4n) is 4.17. The van der Waals surface area contributed by atoms with Gasteiger partial charge in [0.25, 0.3) is 5.92 Å². The Labute approximate surface area is 151 Å². The fourth-order valence-corrected chi connectivity index (χ4v) is 5.11. The van der Waals surface area contributed by atoms with Gasteiger partial charge in [0.05, 0.1) is 17.3 Å². The maximum absolute atomic E-state index is 14.9. The van der Waals surface area contributed by atoms with E-state index in [0.29, 0.717) is 32.6 Å². The molecule has 6 heteroatoms. The van der Waals surface area contributed by atoms with Gasteiger partial charge < -0.3 is 4.90 Å². The van der Waals surface area contributed by atoms with E-state index in [-0.39, 0.29) is 6.42 Å². The zero-order valence-corrected chi connectivity index (χ0v) is 15.2. The van der Waals surface area contributed by atoms with Crippen LogP contribution in [0.25, 0.3) is 0 Å². The second-order valence-corrected chi connectivity index (χ2v) is 8.71. The number of likely N-dealkylation sites (tertiary alicyclic amines) is 1. The van der Waals surface area contributed by atoms with Gasteiger partial charge in [-0.25, -0.2) is 8.78 Å². The summed E-state index contributed by atoms with van der Waals surface area (Å²) in [6, 6.07) is 8.05. The third-order valence-corrected chi connectivity index (χ3v) is 6.57. The van der Waals surface area contributed by atoms with Crippen molar-refractivity contribution in [3.8, 4) is 0 Å². The highest BCUT2D eigenvalue weighted by Crippen LogP contribution is 2.50. The van der Waals surface area contributed by atoms with E-state index in [9.17, 15) is 8.78 Å². The van der Waals surface area contributed by atoms with Gasteiger partial charge in [0.15, 0.2) is 0 Å². The molecule has 0 bridgehead atoms. The summed E-state index contributed by atoms with van der Waals surface area (Å²) in [4.78, 5) is 11.0. The van der Waals surface area contributed by atoms with Crippen molar-refractivity contribution in [2.75, 3.05) is 31.1 Å². The average Bonchev–Trinajstić information content (AvgIpc) is 3.20. The zero-order chi connectivity index (χ0) is 17.5. The molecule has 2 fully saturated rings. The molecular weight excluding hydrogens is 340 g/mol. The molecule has 4 heterocycles. The second kappa shape index (κ2) is 6.32. The van der Waals surface area contributed by atoms with E-state index >= 15 is 0 Å². The number of halogens is 2. The molecule has 25 heavy (non-hydrogen) atoms. The van der Waals surface area contributed by atoms with Crippen molar-refractivity contribution in [3.05, 3.63) is 46.4 Å².